The largest absolute Gasteiger partial charge is 0.378 e. The Balaban J connectivity index is 0.00000144. The van der Waals surface area contributed by atoms with Gasteiger partial charge in [0.15, 0.2) is 0 Å². The van der Waals surface area contributed by atoms with E-state index in [0.29, 0.717) is 0 Å². The minimum Gasteiger partial charge on any atom is -0.378 e. The standard InChI is InChI=1S/C15H16N.Y/c1-11-5-8-14(9-6-11)15-10-7-12(2)13(3)16(15)4;/h5-9H,3H2,1-2,4H3;/q-1;. The quantitative estimate of drug-likeness (QED) is 0.717. The molecule has 1 aliphatic rings. The summed E-state index contributed by atoms with van der Waals surface area (Å²) in [6.45, 7) is 8.21. The van der Waals surface area contributed by atoms with Crippen molar-refractivity contribution in [3.8, 4) is 0 Å². The van der Waals surface area contributed by atoms with Crippen molar-refractivity contribution in [3.05, 3.63) is 65.4 Å². The van der Waals surface area contributed by atoms with E-state index < -0.39 is 0 Å². The molecule has 0 atom stereocenters. The molecule has 0 spiro atoms. The molecule has 0 aromatic heterocycles. The number of hydrogen-bond acceptors (Lipinski definition) is 1. The first kappa shape index (κ1) is 14.4. The van der Waals surface area contributed by atoms with E-state index in [9.17, 15) is 0 Å². The summed E-state index contributed by atoms with van der Waals surface area (Å²) < 4.78 is 0. The van der Waals surface area contributed by atoms with Crippen LogP contribution in [0.3, 0.4) is 0 Å². The van der Waals surface area contributed by atoms with Crippen LogP contribution < -0.4 is 0 Å². The van der Waals surface area contributed by atoms with E-state index in [1.807, 2.05) is 13.1 Å². The zero-order valence-electron chi connectivity index (χ0n) is 10.6. The Morgan fingerprint density at radius 1 is 1.12 bits per heavy atom. The maximum Gasteiger partial charge on any atom is 0.00845 e. The number of likely N-dealkylation sites (N-methyl/N-ethyl adjacent to an activating group) is 1. The molecule has 1 aliphatic heterocycles. The van der Waals surface area contributed by atoms with Crippen LogP contribution >= 0.6 is 0 Å². The van der Waals surface area contributed by atoms with Gasteiger partial charge in [0.2, 0.25) is 0 Å². The third-order valence-corrected chi connectivity index (χ3v) is 2.95. The zero-order valence-corrected chi connectivity index (χ0v) is 13.5. The zero-order chi connectivity index (χ0) is 11.7. The van der Waals surface area contributed by atoms with E-state index in [0.717, 1.165) is 11.4 Å². The molecule has 0 fully saturated rings. The van der Waals surface area contributed by atoms with Gasteiger partial charge in [0, 0.05) is 39.8 Å². The minimum absolute atomic E-state index is 0. The van der Waals surface area contributed by atoms with Crippen LogP contribution in [0.15, 0.2) is 48.2 Å². The monoisotopic (exact) mass is 299 g/mol. The first-order valence-electron chi connectivity index (χ1n) is 5.40. The molecule has 0 saturated heterocycles. The van der Waals surface area contributed by atoms with E-state index in [4.69, 9.17) is 0 Å². The van der Waals surface area contributed by atoms with Crippen molar-refractivity contribution >= 4 is 5.70 Å². The van der Waals surface area contributed by atoms with Crippen molar-refractivity contribution in [2.75, 3.05) is 7.05 Å². The van der Waals surface area contributed by atoms with E-state index in [1.54, 1.807) is 0 Å². The van der Waals surface area contributed by atoms with Gasteiger partial charge in [0.05, 0.1) is 0 Å². The van der Waals surface area contributed by atoms with Gasteiger partial charge in [0.25, 0.3) is 0 Å². The van der Waals surface area contributed by atoms with Crippen LogP contribution in [-0.4, -0.2) is 11.9 Å². The molecular formula is C15H16NY-. The van der Waals surface area contributed by atoms with Gasteiger partial charge in [-0.1, -0.05) is 42.5 Å². The number of nitrogens with zero attached hydrogens (tertiary/aromatic N) is 1. The van der Waals surface area contributed by atoms with Crippen LogP contribution in [-0.2, 0) is 32.7 Å². The molecule has 0 saturated carbocycles. The van der Waals surface area contributed by atoms with E-state index in [-0.39, 0.29) is 32.7 Å². The van der Waals surface area contributed by atoms with Gasteiger partial charge in [-0.15, -0.1) is 17.7 Å². The summed E-state index contributed by atoms with van der Waals surface area (Å²) in [5.41, 5.74) is 5.73. The van der Waals surface area contributed by atoms with Gasteiger partial charge in [-0.3, -0.25) is 0 Å². The first-order chi connectivity index (χ1) is 7.59. The number of allylic oxidation sites excluding steroid dienone is 3. The first-order valence-corrected chi connectivity index (χ1v) is 5.40. The molecule has 2 rings (SSSR count). The van der Waals surface area contributed by atoms with Crippen molar-refractivity contribution < 1.29 is 32.7 Å². The maximum atomic E-state index is 4.07. The van der Waals surface area contributed by atoms with Crippen molar-refractivity contribution in [1.82, 2.24) is 4.90 Å². The Bertz CT molecular complexity index is 480. The fourth-order valence-electron chi connectivity index (χ4n) is 1.74. The summed E-state index contributed by atoms with van der Waals surface area (Å²) in [5, 5.41) is 0. The Labute approximate surface area is 129 Å². The van der Waals surface area contributed by atoms with Gasteiger partial charge in [-0.05, 0) is 12.6 Å². The normalized spacial score (nSPS) is 15.0. The fraction of sp³-hybridized carbons (Fsp3) is 0.200. The molecule has 0 amide bonds. The molecule has 2 heteroatoms. The summed E-state index contributed by atoms with van der Waals surface area (Å²) in [6, 6.07) is 8.48. The molecule has 85 valence electrons. The van der Waals surface area contributed by atoms with Gasteiger partial charge in [0.1, 0.15) is 0 Å². The Morgan fingerprint density at radius 2 is 1.71 bits per heavy atom. The Morgan fingerprint density at radius 3 is 2.29 bits per heavy atom. The summed E-state index contributed by atoms with van der Waals surface area (Å²) in [5.74, 6) is 0. The van der Waals surface area contributed by atoms with Gasteiger partial charge < -0.3 is 4.90 Å². The molecule has 0 aliphatic carbocycles. The summed E-state index contributed by atoms with van der Waals surface area (Å²) in [6.07, 6.45) is 5.30. The SMILES string of the molecule is C=C1C(C)=C[C-]=C(c2ccc(C)cc2)N1C.[Y]. The number of hydrogen-bond donors (Lipinski definition) is 0. The van der Waals surface area contributed by atoms with Gasteiger partial charge >= 0.3 is 0 Å². The number of rotatable bonds is 1. The number of aryl methyl sites for hydroxylation is 1. The molecule has 1 aromatic rings. The molecule has 0 unspecified atom stereocenters. The van der Waals surface area contributed by atoms with Gasteiger partial charge in [-0.2, -0.15) is 12.2 Å². The van der Waals surface area contributed by atoms with Crippen molar-refractivity contribution in [2.45, 2.75) is 13.8 Å². The molecular weight excluding hydrogens is 283 g/mol. The predicted octanol–water partition coefficient (Wildman–Crippen LogP) is 3.54. The van der Waals surface area contributed by atoms with Crippen molar-refractivity contribution in [2.24, 2.45) is 0 Å². The van der Waals surface area contributed by atoms with Crippen LogP contribution in [0.1, 0.15) is 18.1 Å². The molecule has 1 radical (unpaired) electrons. The summed E-state index contributed by atoms with van der Waals surface area (Å²) >= 11 is 0. The average Bonchev–Trinajstić information content (AvgIpc) is 2.28. The molecule has 1 nitrogen and oxygen atoms in total. The topological polar surface area (TPSA) is 3.24 Å². The number of benzene rings is 1. The molecule has 0 N–H and O–H groups in total. The van der Waals surface area contributed by atoms with E-state index in [1.165, 1.54) is 16.7 Å². The second kappa shape index (κ2) is 5.79. The van der Waals surface area contributed by atoms with Crippen LogP contribution in [0, 0.1) is 13.0 Å². The molecule has 1 heterocycles. The van der Waals surface area contributed by atoms with Crippen LogP contribution in [0.5, 0.6) is 0 Å². The third-order valence-electron chi connectivity index (χ3n) is 2.95. The van der Waals surface area contributed by atoms with Crippen molar-refractivity contribution in [1.29, 1.82) is 0 Å². The van der Waals surface area contributed by atoms with Crippen molar-refractivity contribution in [3.63, 3.8) is 0 Å². The summed E-state index contributed by atoms with van der Waals surface area (Å²) in [7, 11) is 2.03. The van der Waals surface area contributed by atoms with Crippen LogP contribution in [0.25, 0.3) is 5.70 Å². The smallest absolute Gasteiger partial charge is 0.00845 e. The molecule has 1 aromatic carbocycles. The summed E-state index contributed by atoms with van der Waals surface area (Å²) in [4.78, 5) is 2.08. The maximum absolute atomic E-state index is 4.07. The third kappa shape index (κ3) is 2.97. The van der Waals surface area contributed by atoms with Crippen LogP contribution in [0.2, 0.25) is 0 Å². The fourth-order valence-corrected chi connectivity index (χ4v) is 1.74. The molecule has 0 bridgehead atoms. The van der Waals surface area contributed by atoms with Gasteiger partial charge in [-0.25, -0.2) is 0 Å². The second-order valence-electron chi connectivity index (χ2n) is 4.19. The van der Waals surface area contributed by atoms with E-state index in [2.05, 4.69) is 55.7 Å². The second-order valence-corrected chi connectivity index (χ2v) is 4.19. The van der Waals surface area contributed by atoms with Crippen LogP contribution in [0.4, 0.5) is 0 Å². The minimum atomic E-state index is 0. The van der Waals surface area contributed by atoms with E-state index >= 15 is 0 Å². The Kier molecular flexibility index (Phi) is 4.91. The predicted molar refractivity (Wildman–Crippen MR) is 68.5 cm³/mol. The molecule has 17 heavy (non-hydrogen) atoms. The average molecular weight is 299 g/mol. The Hall–Kier alpha value is -0.656.